The van der Waals surface area contributed by atoms with E-state index >= 15 is 0 Å². The van der Waals surface area contributed by atoms with Crippen molar-refractivity contribution in [3.8, 4) is 0 Å². The minimum atomic E-state index is -0.487. The monoisotopic (exact) mass is 426 g/mol. The summed E-state index contributed by atoms with van der Waals surface area (Å²) in [6.07, 6.45) is 5.21. The molecule has 0 aromatic heterocycles. The van der Waals surface area contributed by atoms with Crippen LogP contribution in [0.25, 0.3) is 0 Å². The van der Waals surface area contributed by atoms with E-state index in [0.717, 1.165) is 42.4 Å². The summed E-state index contributed by atoms with van der Waals surface area (Å²) in [5.74, 6) is -0.0834. The lowest BCUT2D eigenvalue weighted by Crippen LogP contribution is -2.51. The van der Waals surface area contributed by atoms with Crippen LogP contribution in [0.4, 0.5) is 0 Å². The van der Waals surface area contributed by atoms with Crippen molar-refractivity contribution in [2.75, 3.05) is 0 Å². The molecule has 1 atom stereocenters. The predicted molar refractivity (Wildman–Crippen MR) is 121 cm³/mol. The number of nitrogens with one attached hydrogen (secondary N) is 1. The van der Waals surface area contributed by atoms with Crippen LogP contribution in [-0.2, 0) is 22.6 Å². The van der Waals surface area contributed by atoms with Crippen molar-refractivity contribution in [3.05, 3.63) is 70.2 Å². The number of carbonyl (C=O) groups excluding carboxylic acids is 2. The molecule has 0 spiro atoms. The quantitative estimate of drug-likeness (QED) is 0.641. The van der Waals surface area contributed by atoms with E-state index in [1.54, 1.807) is 4.90 Å². The van der Waals surface area contributed by atoms with Gasteiger partial charge < -0.3 is 10.2 Å². The smallest absolute Gasteiger partial charge is 0.243 e. The molecule has 2 amide bonds. The van der Waals surface area contributed by atoms with Crippen LogP contribution in [0.3, 0.4) is 0 Å². The molecule has 4 nitrogen and oxygen atoms in total. The molecule has 0 saturated heterocycles. The Hall–Kier alpha value is -2.33. The van der Waals surface area contributed by atoms with E-state index in [0.29, 0.717) is 18.0 Å². The van der Waals surface area contributed by atoms with Crippen LogP contribution in [0, 0.1) is 6.92 Å². The van der Waals surface area contributed by atoms with E-state index in [2.05, 4.69) is 5.32 Å². The number of halogens is 1. The summed E-state index contributed by atoms with van der Waals surface area (Å²) >= 11 is 6.02. The molecule has 1 aliphatic carbocycles. The van der Waals surface area contributed by atoms with Gasteiger partial charge in [-0.25, -0.2) is 0 Å². The zero-order chi connectivity index (χ0) is 21.5. The van der Waals surface area contributed by atoms with Crippen LogP contribution in [0.1, 0.15) is 55.7 Å². The highest BCUT2D eigenvalue weighted by molar-refractivity contribution is 6.30. The molecule has 0 aliphatic heterocycles. The van der Waals surface area contributed by atoms with E-state index in [1.807, 2.05) is 62.4 Å². The van der Waals surface area contributed by atoms with Crippen molar-refractivity contribution in [2.24, 2.45) is 0 Å². The molecule has 0 radical (unpaired) electrons. The summed E-state index contributed by atoms with van der Waals surface area (Å²) in [5, 5.41) is 3.83. The lowest BCUT2D eigenvalue weighted by molar-refractivity contribution is -0.141. The molecule has 0 unspecified atom stereocenters. The van der Waals surface area contributed by atoms with Crippen molar-refractivity contribution in [2.45, 2.75) is 71.0 Å². The summed E-state index contributed by atoms with van der Waals surface area (Å²) < 4.78 is 0. The number of amides is 2. The summed E-state index contributed by atoms with van der Waals surface area (Å²) in [4.78, 5) is 28.2. The van der Waals surface area contributed by atoms with Crippen LogP contribution in [-0.4, -0.2) is 28.8 Å². The number of hydrogen-bond acceptors (Lipinski definition) is 2. The number of nitrogens with zero attached hydrogens (tertiary/aromatic N) is 1. The highest BCUT2D eigenvalue weighted by Gasteiger charge is 2.30. The molecule has 1 saturated carbocycles. The Morgan fingerprint density at radius 1 is 1.10 bits per heavy atom. The Morgan fingerprint density at radius 3 is 2.43 bits per heavy atom. The molecule has 160 valence electrons. The average molecular weight is 427 g/mol. The Kier molecular flexibility index (Phi) is 7.92. The van der Waals surface area contributed by atoms with E-state index in [-0.39, 0.29) is 24.3 Å². The second-order valence-electron chi connectivity index (χ2n) is 8.23. The molecule has 5 heteroatoms. The van der Waals surface area contributed by atoms with Gasteiger partial charge in [0, 0.05) is 17.6 Å². The van der Waals surface area contributed by atoms with Gasteiger partial charge in [-0.2, -0.15) is 0 Å². The molecule has 3 rings (SSSR count). The first-order valence-electron chi connectivity index (χ1n) is 10.9. The largest absolute Gasteiger partial charge is 0.352 e. The zero-order valence-corrected chi connectivity index (χ0v) is 18.6. The standard InChI is InChI=1S/C25H31ClN2O2/c1-3-23(25(30)27-22-9-4-5-10-22)28(17-19-11-13-21(26)14-12-19)24(29)16-20-8-6-7-18(2)15-20/h6-8,11-15,22-23H,3-5,9-10,16-17H2,1-2H3,(H,27,30)/t23-/m0/s1. The van der Waals surface area contributed by atoms with Gasteiger partial charge in [-0.05, 0) is 49.4 Å². The summed E-state index contributed by atoms with van der Waals surface area (Å²) in [7, 11) is 0. The first-order chi connectivity index (χ1) is 14.5. The SMILES string of the molecule is CC[C@@H](C(=O)NC1CCCC1)N(Cc1ccc(Cl)cc1)C(=O)Cc1cccc(C)c1. The fraction of sp³-hybridized carbons (Fsp3) is 0.440. The molecular weight excluding hydrogens is 396 g/mol. The zero-order valence-electron chi connectivity index (χ0n) is 17.9. The van der Waals surface area contributed by atoms with Gasteiger partial charge in [0.25, 0.3) is 0 Å². The highest BCUT2D eigenvalue weighted by atomic mass is 35.5. The van der Waals surface area contributed by atoms with Crippen LogP contribution in [0.5, 0.6) is 0 Å². The highest BCUT2D eigenvalue weighted by Crippen LogP contribution is 2.20. The lowest BCUT2D eigenvalue weighted by atomic mass is 10.0. The maximum absolute atomic E-state index is 13.4. The van der Waals surface area contributed by atoms with Gasteiger partial charge in [-0.15, -0.1) is 0 Å². The van der Waals surface area contributed by atoms with Gasteiger partial charge in [0.15, 0.2) is 0 Å². The Morgan fingerprint density at radius 2 is 1.80 bits per heavy atom. The Bertz CT molecular complexity index is 860. The maximum Gasteiger partial charge on any atom is 0.243 e. The molecule has 2 aromatic carbocycles. The Balaban J connectivity index is 1.81. The average Bonchev–Trinajstić information content (AvgIpc) is 3.22. The molecule has 0 bridgehead atoms. The van der Waals surface area contributed by atoms with E-state index in [1.165, 1.54) is 0 Å². The summed E-state index contributed by atoms with van der Waals surface area (Å²) in [6, 6.07) is 15.2. The van der Waals surface area contributed by atoms with Crippen molar-refractivity contribution < 1.29 is 9.59 Å². The molecular formula is C25H31ClN2O2. The molecule has 1 N–H and O–H groups in total. The number of hydrogen-bond donors (Lipinski definition) is 1. The van der Waals surface area contributed by atoms with Crippen LogP contribution >= 0.6 is 11.6 Å². The minimum Gasteiger partial charge on any atom is -0.352 e. The van der Waals surface area contributed by atoms with Gasteiger partial charge in [0.05, 0.1) is 6.42 Å². The third-order valence-corrected chi connectivity index (χ3v) is 6.04. The topological polar surface area (TPSA) is 49.4 Å². The van der Waals surface area contributed by atoms with Crippen LogP contribution in [0.15, 0.2) is 48.5 Å². The van der Waals surface area contributed by atoms with E-state index < -0.39 is 6.04 Å². The lowest BCUT2D eigenvalue weighted by Gasteiger charge is -2.31. The first-order valence-corrected chi connectivity index (χ1v) is 11.2. The van der Waals surface area contributed by atoms with Gasteiger partial charge in [-0.3, -0.25) is 9.59 Å². The van der Waals surface area contributed by atoms with Crippen molar-refractivity contribution in [1.82, 2.24) is 10.2 Å². The van der Waals surface area contributed by atoms with E-state index in [4.69, 9.17) is 11.6 Å². The molecule has 1 aliphatic rings. The fourth-order valence-corrected chi connectivity index (χ4v) is 4.30. The van der Waals surface area contributed by atoms with Crippen molar-refractivity contribution >= 4 is 23.4 Å². The predicted octanol–water partition coefficient (Wildman–Crippen LogP) is 5.06. The third-order valence-electron chi connectivity index (χ3n) is 5.79. The second kappa shape index (κ2) is 10.6. The molecule has 30 heavy (non-hydrogen) atoms. The normalized spacial score (nSPS) is 15.0. The fourth-order valence-electron chi connectivity index (χ4n) is 4.17. The van der Waals surface area contributed by atoms with Gasteiger partial charge in [-0.1, -0.05) is 73.3 Å². The number of rotatable bonds is 8. The number of aryl methyl sites for hydroxylation is 1. The summed E-state index contributed by atoms with van der Waals surface area (Å²) in [6.45, 7) is 4.37. The van der Waals surface area contributed by atoms with Gasteiger partial charge in [0.2, 0.25) is 11.8 Å². The second-order valence-corrected chi connectivity index (χ2v) is 8.66. The number of benzene rings is 2. The molecule has 0 heterocycles. The van der Waals surface area contributed by atoms with Gasteiger partial charge in [0.1, 0.15) is 6.04 Å². The molecule has 2 aromatic rings. The first kappa shape index (κ1) is 22.4. The summed E-state index contributed by atoms with van der Waals surface area (Å²) in [5.41, 5.74) is 3.05. The molecule has 1 fully saturated rings. The van der Waals surface area contributed by atoms with E-state index in [9.17, 15) is 9.59 Å². The van der Waals surface area contributed by atoms with Crippen molar-refractivity contribution in [3.63, 3.8) is 0 Å². The minimum absolute atomic E-state index is 0.0380. The van der Waals surface area contributed by atoms with Crippen molar-refractivity contribution in [1.29, 1.82) is 0 Å². The maximum atomic E-state index is 13.4. The number of carbonyl (C=O) groups is 2. The van der Waals surface area contributed by atoms with Crippen LogP contribution < -0.4 is 5.32 Å². The Labute approximate surface area is 184 Å². The third kappa shape index (κ3) is 6.09. The van der Waals surface area contributed by atoms with Gasteiger partial charge >= 0.3 is 0 Å². The van der Waals surface area contributed by atoms with Crippen LogP contribution in [0.2, 0.25) is 5.02 Å².